The summed E-state index contributed by atoms with van der Waals surface area (Å²) < 4.78 is 0. The maximum atomic E-state index is 12.3. The number of anilines is 1. The molecule has 20 heavy (non-hydrogen) atoms. The van der Waals surface area contributed by atoms with Crippen LogP contribution in [0.1, 0.15) is 34.1 Å². The van der Waals surface area contributed by atoms with E-state index in [1.165, 1.54) is 11.1 Å². The molecular weight excluding hydrogens is 248 g/mol. The third kappa shape index (κ3) is 2.57. The summed E-state index contributed by atoms with van der Waals surface area (Å²) in [6.45, 7) is 3.06. The predicted octanol–water partition coefficient (Wildman–Crippen LogP) is 3.04. The van der Waals surface area contributed by atoms with Crippen molar-refractivity contribution < 1.29 is 4.79 Å². The van der Waals surface area contributed by atoms with E-state index in [4.69, 9.17) is 0 Å². The van der Waals surface area contributed by atoms with Gasteiger partial charge in [0.05, 0.1) is 6.42 Å². The average Bonchev–Trinajstić information content (AvgIpc) is 2.95. The minimum absolute atomic E-state index is 0.136. The predicted molar refractivity (Wildman–Crippen MR) is 80.3 cm³/mol. The molecule has 3 heteroatoms. The highest BCUT2D eigenvalue weighted by Crippen LogP contribution is 2.23. The molecule has 1 aromatic heterocycles. The number of pyridine rings is 1. The van der Waals surface area contributed by atoms with E-state index >= 15 is 0 Å². The molecule has 102 valence electrons. The maximum Gasteiger partial charge on any atom is 0.168 e. The molecule has 0 atom stereocenters. The fourth-order valence-corrected chi connectivity index (χ4v) is 2.51. The minimum atomic E-state index is 0.136. The second kappa shape index (κ2) is 5.45. The number of hydrogen-bond acceptors (Lipinski definition) is 3. The Morgan fingerprint density at radius 3 is 2.95 bits per heavy atom. The van der Waals surface area contributed by atoms with E-state index in [1.807, 2.05) is 36.5 Å². The number of aromatic nitrogens is 1. The summed E-state index contributed by atoms with van der Waals surface area (Å²) in [6.07, 6.45) is 4.20. The Hall–Kier alpha value is -2.16. The molecule has 0 fully saturated rings. The van der Waals surface area contributed by atoms with Gasteiger partial charge in [-0.1, -0.05) is 13.0 Å². The molecule has 3 rings (SSSR count). The van der Waals surface area contributed by atoms with Crippen LogP contribution in [0.3, 0.4) is 0 Å². The fourth-order valence-electron chi connectivity index (χ4n) is 2.51. The standard InChI is InChI=1S/C17H18N2O/c1-2-12-3-5-15(19-11-12)10-17(20)14-4-6-16-13(9-14)7-8-18-16/h3-6,9,11,18H,2,7-8,10H2,1H3. The van der Waals surface area contributed by atoms with E-state index in [1.54, 1.807) is 0 Å². The van der Waals surface area contributed by atoms with Crippen molar-refractivity contribution in [3.63, 3.8) is 0 Å². The molecule has 0 bridgehead atoms. The van der Waals surface area contributed by atoms with Crippen LogP contribution in [0.2, 0.25) is 0 Å². The number of nitrogens with one attached hydrogen (secondary N) is 1. The lowest BCUT2D eigenvalue weighted by Crippen LogP contribution is -2.05. The van der Waals surface area contributed by atoms with Crippen LogP contribution in [0.25, 0.3) is 0 Å². The maximum absolute atomic E-state index is 12.3. The molecule has 0 amide bonds. The fraction of sp³-hybridized carbons (Fsp3) is 0.294. The van der Waals surface area contributed by atoms with Crippen molar-refractivity contribution in [2.45, 2.75) is 26.2 Å². The van der Waals surface area contributed by atoms with E-state index in [-0.39, 0.29) is 5.78 Å². The van der Waals surface area contributed by atoms with Crippen molar-refractivity contribution in [3.05, 3.63) is 58.9 Å². The number of hydrogen-bond donors (Lipinski definition) is 1. The van der Waals surface area contributed by atoms with Crippen LogP contribution in [0.15, 0.2) is 36.5 Å². The van der Waals surface area contributed by atoms with E-state index in [2.05, 4.69) is 17.2 Å². The van der Waals surface area contributed by atoms with Crippen LogP contribution in [0, 0.1) is 0 Å². The van der Waals surface area contributed by atoms with Crippen LogP contribution in [-0.2, 0) is 19.3 Å². The number of carbonyl (C=O) groups excluding carboxylic acids is 1. The summed E-state index contributed by atoms with van der Waals surface area (Å²) >= 11 is 0. The van der Waals surface area contributed by atoms with Gasteiger partial charge in [0.1, 0.15) is 0 Å². The number of fused-ring (bicyclic) bond motifs is 1. The highest BCUT2D eigenvalue weighted by molar-refractivity contribution is 5.98. The number of Topliss-reactive ketones (excluding diaryl/α,β-unsaturated/α-hetero) is 1. The molecule has 0 saturated carbocycles. The van der Waals surface area contributed by atoms with Crippen LogP contribution in [0.4, 0.5) is 5.69 Å². The Morgan fingerprint density at radius 2 is 2.20 bits per heavy atom. The van der Waals surface area contributed by atoms with Gasteiger partial charge in [-0.05, 0) is 48.2 Å². The van der Waals surface area contributed by atoms with E-state index in [0.29, 0.717) is 6.42 Å². The van der Waals surface area contributed by atoms with Gasteiger partial charge < -0.3 is 5.32 Å². The first-order valence-electron chi connectivity index (χ1n) is 7.10. The molecule has 0 spiro atoms. The van der Waals surface area contributed by atoms with Crippen molar-refractivity contribution in [1.29, 1.82) is 0 Å². The highest BCUT2D eigenvalue weighted by Gasteiger charge is 2.14. The van der Waals surface area contributed by atoms with Crippen LogP contribution >= 0.6 is 0 Å². The van der Waals surface area contributed by atoms with Gasteiger partial charge in [0.15, 0.2) is 5.78 Å². The van der Waals surface area contributed by atoms with Gasteiger partial charge >= 0.3 is 0 Å². The Kier molecular flexibility index (Phi) is 3.50. The van der Waals surface area contributed by atoms with Crippen molar-refractivity contribution in [2.24, 2.45) is 0 Å². The van der Waals surface area contributed by atoms with Crippen molar-refractivity contribution in [2.75, 3.05) is 11.9 Å². The molecule has 2 heterocycles. The summed E-state index contributed by atoms with van der Waals surface area (Å²) in [4.78, 5) is 16.7. The molecule has 2 aromatic rings. The first-order chi connectivity index (χ1) is 9.76. The largest absolute Gasteiger partial charge is 0.384 e. The topological polar surface area (TPSA) is 42.0 Å². The highest BCUT2D eigenvalue weighted by atomic mass is 16.1. The summed E-state index contributed by atoms with van der Waals surface area (Å²) in [6, 6.07) is 9.91. The molecule has 0 radical (unpaired) electrons. The van der Waals surface area contributed by atoms with Crippen LogP contribution < -0.4 is 5.32 Å². The monoisotopic (exact) mass is 266 g/mol. The quantitative estimate of drug-likeness (QED) is 0.865. The number of ketones is 1. The number of rotatable bonds is 4. The summed E-state index contributed by atoms with van der Waals surface area (Å²) in [5.41, 5.74) is 5.22. The average molecular weight is 266 g/mol. The van der Waals surface area contributed by atoms with Gasteiger partial charge in [-0.25, -0.2) is 0 Å². The van der Waals surface area contributed by atoms with Crippen LogP contribution in [0.5, 0.6) is 0 Å². The van der Waals surface area contributed by atoms with Crippen LogP contribution in [-0.4, -0.2) is 17.3 Å². The summed E-state index contributed by atoms with van der Waals surface area (Å²) in [7, 11) is 0. The second-order valence-electron chi connectivity index (χ2n) is 5.16. The van der Waals surface area contributed by atoms with Crippen molar-refractivity contribution in [3.8, 4) is 0 Å². The van der Waals surface area contributed by atoms with Gasteiger partial charge in [-0.2, -0.15) is 0 Å². The van der Waals surface area contributed by atoms with Gasteiger partial charge in [0.25, 0.3) is 0 Å². The van der Waals surface area contributed by atoms with Gasteiger partial charge in [0, 0.05) is 29.7 Å². The molecule has 1 aliphatic rings. The molecule has 1 aliphatic heterocycles. The van der Waals surface area contributed by atoms with Crippen molar-refractivity contribution >= 4 is 11.5 Å². The lowest BCUT2D eigenvalue weighted by atomic mass is 10.0. The molecule has 0 aliphatic carbocycles. The number of benzene rings is 1. The molecule has 3 nitrogen and oxygen atoms in total. The lowest BCUT2D eigenvalue weighted by Gasteiger charge is -2.05. The third-order valence-electron chi connectivity index (χ3n) is 3.77. The van der Waals surface area contributed by atoms with E-state index < -0.39 is 0 Å². The Morgan fingerprint density at radius 1 is 1.30 bits per heavy atom. The smallest absolute Gasteiger partial charge is 0.168 e. The number of carbonyl (C=O) groups is 1. The van der Waals surface area contributed by atoms with Gasteiger partial charge in [-0.3, -0.25) is 9.78 Å². The zero-order chi connectivity index (χ0) is 13.9. The van der Waals surface area contributed by atoms with E-state index in [0.717, 1.165) is 36.3 Å². The Balaban J connectivity index is 1.75. The second-order valence-corrected chi connectivity index (χ2v) is 5.16. The number of nitrogens with zero attached hydrogens (tertiary/aromatic N) is 1. The minimum Gasteiger partial charge on any atom is -0.384 e. The summed E-state index contributed by atoms with van der Waals surface area (Å²) in [5, 5.41) is 3.30. The zero-order valence-corrected chi connectivity index (χ0v) is 11.6. The molecule has 1 N–H and O–H groups in total. The first-order valence-corrected chi connectivity index (χ1v) is 7.10. The summed E-state index contributed by atoms with van der Waals surface area (Å²) in [5.74, 6) is 0.136. The molecule has 0 unspecified atom stereocenters. The Bertz CT molecular complexity index is 632. The van der Waals surface area contributed by atoms with Gasteiger partial charge in [-0.15, -0.1) is 0 Å². The number of aryl methyl sites for hydroxylation is 1. The SMILES string of the molecule is CCc1ccc(CC(=O)c2ccc3c(c2)CCN3)nc1. The first kappa shape index (κ1) is 12.9. The normalized spacial score (nSPS) is 12.8. The molecule has 1 aromatic carbocycles. The molecular formula is C17H18N2O. The Labute approximate surface area is 119 Å². The molecule has 0 saturated heterocycles. The zero-order valence-electron chi connectivity index (χ0n) is 11.6. The third-order valence-corrected chi connectivity index (χ3v) is 3.77. The van der Waals surface area contributed by atoms with Gasteiger partial charge in [0.2, 0.25) is 0 Å². The lowest BCUT2D eigenvalue weighted by molar-refractivity contribution is 0.0992. The van der Waals surface area contributed by atoms with Crippen molar-refractivity contribution in [1.82, 2.24) is 4.98 Å². The van der Waals surface area contributed by atoms with E-state index in [9.17, 15) is 4.79 Å².